The standard InChI is InChI=1S/C25H25.C13H13.C3H6.2ClH.Zr/c1-14-12-24(3,4)22-8-16-7-17-9-23-19(15(2)13-25(23,5)6)11-21(17)20(16)10-18(14)22;1-10-8-11(2)13(9-10)12-6-4-3-5-7-12;1-3-2;;;/h7-13H,1-6H3;3-7,9-10H,1-2H3;1-2H3;2*1H;/q2*-1;;;;+2/p-2. The number of rotatable bonds is 1. The molecule has 0 aliphatic heterocycles. The molecule has 0 saturated carbocycles. The summed E-state index contributed by atoms with van der Waals surface area (Å²) in [7, 11) is 0. The van der Waals surface area contributed by atoms with E-state index >= 15 is 0 Å². The average molecular weight is 699 g/mol. The van der Waals surface area contributed by atoms with Gasteiger partial charge in [0.15, 0.2) is 0 Å². The monoisotopic (exact) mass is 696 g/mol. The average Bonchev–Trinajstić information content (AvgIpc) is 3.57. The molecule has 228 valence electrons. The van der Waals surface area contributed by atoms with E-state index in [0.29, 0.717) is 5.92 Å². The summed E-state index contributed by atoms with van der Waals surface area (Å²) >= 11 is 1.55. The van der Waals surface area contributed by atoms with Gasteiger partial charge < -0.3 is 24.8 Å². The van der Waals surface area contributed by atoms with Gasteiger partial charge in [-0.3, -0.25) is 6.08 Å². The Morgan fingerprint density at radius 1 is 0.750 bits per heavy atom. The summed E-state index contributed by atoms with van der Waals surface area (Å²) in [6.45, 7) is 22.3. The van der Waals surface area contributed by atoms with E-state index in [0.717, 1.165) is 0 Å². The molecule has 0 spiro atoms. The van der Waals surface area contributed by atoms with Gasteiger partial charge >= 0.3 is 41.3 Å². The van der Waals surface area contributed by atoms with Crippen LogP contribution in [0.1, 0.15) is 97.1 Å². The topological polar surface area (TPSA) is 0 Å². The summed E-state index contributed by atoms with van der Waals surface area (Å²) in [4.78, 5) is 0. The summed E-state index contributed by atoms with van der Waals surface area (Å²) in [6, 6.07) is 22.6. The van der Waals surface area contributed by atoms with Gasteiger partial charge in [-0.1, -0.05) is 113 Å². The maximum atomic E-state index is 3.39. The Bertz CT molecular complexity index is 1740. The van der Waals surface area contributed by atoms with Crippen LogP contribution in [0.2, 0.25) is 0 Å². The molecule has 7 rings (SSSR count). The molecular formula is C41H44Cl2Zr-2. The molecule has 0 bridgehead atoms. The molecule has 0 amide bonds. The fraction of sp³-hybridized carbons (Fsp3) is 0.317. The molecule has 0 saturated heterocycles. The molecule has 0 N–H and O–H groups in total. The van der Waals surface area contributed by atoms with E-state index in [1.807, 2.05) is 6.07 Å². The van der Waals surface area contributed by atoms with E-state index in [-0.39, 0.29) is 35.6 Å². The van der Waals surface area contributed by atoms with Gasteiger partial charge in [0.1, 0.15) is 0 Å². The van der Waals surface area contributed by atoms with Crippen molar-refractivity contribution in [2.75, 3.05) is 0 Å². The van der Waals surface area contributed by atoms with Crippen molar-refractivity contribution >= 4 is 41.5 Å². The molecule has 0 nitrogen and oxygen atoms in total. The maximum absolute atomic E-state index is 3.39. The van der Waals surface area contributed by atoms with Crippen molar-refractivity contribution in [2.24, 2.45) is 5.92 Å². The van der Waals surface area contributed by atoms with Gasteiger partial charge in [0.2, 0.25) is 0 Å². The second-order valence-corrected chi connectivity index (χ2v) is 16.2. The van der Waals surface area contributed by atoms with Crippen molar-refractivity contribution < 1.29 is 49.0 Å². The first-order chi connectivity index (χ1) is 19.7. The van der Waals surface area contributed by atoms with E-state index in [4.69, 9.17) is 0 Å². The van der Waals surface area contributed by atoms with Crippen LogP contribution in [0.25, 0.3) is 38.3 Å². The zero-order chi connectivity index (χ0) is 30.6. The van der Waals surface area contributed by atoms with Crippen LogP contribution in [-0.4, -0.2) is 3.21 Å². The fourth-order valence-corrected chi connectivity index (χ4v) is 6.98. The summed E-state index contributed by atoms with van der Waals surface area (Å²) in [5.74, 6) is 0.468. The number of hydrogen-bond donors (Lipinski definition) is 0. The van der Waals surface area contributed by atoms with Gasteiger partial charge in [0.05, 0.1) is 0 Å². The van der Waals surface area contributed by atoms with Crippen molar-refractivity contribution in [3.63, 3.8) is 0 Å². The van der Waals surface area contributed by atoms with Gasteiger partial charge in [0.25, 0.3) is 0 Å². The number of hydrogen-bond acceptors (Lipinski definition) is 0. The van der Waals surface area contributed by atoms with E-state index in [1.165, 1.54) is 74.9 Å². The molecule has 44 heavy (non-hydrogen) atoms. The van der Waals surface area contributed by atoms with E-state index in [1.54, 1.807) is 24.2 Å². The van der Waals surface area contributed by atoms with Crippen molar-refractivity contribution in [3.8, 4) is 0 Å². The Morgan fingerprint density at radius 2 is 1.18 bits per heavy atom. The Kier molecular flexibility index (Phi) is 11.3. The Hall–Kier alpha value is -2.18. The third kappa shape index (κ3) is 7.12. The Morgan fingerprint density at radius 3 is 1.57 bits per heavy atom. The number of allylic oxidation sites excluding steroid dienone is 8. The number of halogens is 2. The first kappa shape index (κ1) is 36.3. The summed E-state index contributed by atoms with van der Waals surface area (Å²) in [5.41, 5.74) is 12.8. The van der Waals surface area contributed by atoms with E-state index < -0.39 is 0 Å². The van der Waals surface area contributed by atoms with Crippen LogP contribution < -0.4 is 24.8 Å². The second kappa shape index (κ2) is 13.7. The van der Waals surface area contributed by atoms with Crippen molar-refractivity contribution in [2.45, 2.75) is 80.1 Å². The SMILES string of the molecule is CC1=CC(C)(C)c2cc3[cH-]c4cc5c(cc4c3cc21)C(C)=CC5(C)C.CC1=[C-]C(C)C=C1c1ccccc1.C[C](C)=[Zr+2].[Cl-].[Cl-]. The van der Waals surface area contributed by atoms with Crippen LogP contribution in [0.4, 0.5) is 0 Å². The fourth-order valence-electron chi connectivity index (χ4n) is 6.98. The molecule has 0 radical (unpaired) electrons. The predicted molar refractivity (Wildman–Crippen MR) is 183 cm³/mol. The van der Waals surface area contributed by atoms with Gasteiger partial charge in [-0.05, 0) is 36.1 Å². The first-order valence-electron chi connectivity index (χ1n) is 15.2. The van der Waals surface area contributed by atoms with Gasteiger partial charge in [-0.25, -0.2) is 5.57 Å². The third-order valence-corrected chi connectivity index (χ3v) is 8.72. The van der Waals surface area contributed by atoms with Crippen LogP contribution in [0.15, 0.2) is 84.5 Å². The number of benzene rings is 3. The quantitative estimate of drug-likeness (QED) is 0.236. The molecule has 4 aromatic carbocycles. The molecule has 0 aromatic heterocycles. The van der Waals surface area contributed by atoms with Crippen LogP contribution in [0.5, 0.6) is 0 Å². The smallest absolute Gasteiger partial charge is 1.00 e. The zero-order valence-corrected chi connectivity index (χ0v) is 31.8. The van der Waals surface area contributed by atoms with Crippen molar-refractivity contribution in [1.29, 1.82) is 0 Å². The van der Waals surface area contributed by atoms with Gasteiger partial charge in [-0.15, -0.1) is 45.3 Å². The van der Waals surface area contributed by atoms with Gasteiger partial charge in [0, 0.05) is 10.8 Å². The molecule has 0 heterocycles. The third-order valence-electron chi connectivity index (χ3n) is 8.72. The number of fused-ring (bicyclic) bond motifs is 5. The minimum absolute atomic E-state index is 0. The Labute approximate surface area is 292 Å². The Balaban J connectivity index is 0.000000236. The minimum Gasteiger partial charge on any atom is -1.00 e. The van der Waals surface area contributed by atoms with E-state index in [9.17, 15) is 0 Å². The second-order valence-electron chi connectivity index (χ2n) is 13.7. The molecule has 0 fully saturated rings. The van der Waals surface area contributed by atoms with E-state index in [2.05, 4.69) is 148 Å². The molecule has 4 aromatic rings. The zero-order valence-electron chi connectivity index (χ0n) is 27.8. The van der Waals surface area contributed by atoms with Gasteiger partial charge in [-0.2, -0.15) is 11.6 Å². The van der Waals surface area contributed by atoms with Crippen LogP contribution in [-0.2, 0) is 35.1 Å². The molecule has 3 aliphatic rings. The molecule has 1 atom stereocenters. The van der Waals surface area contributed by atoms with Crippen LogP contribution >= 0.6 is 0 Å². The van der Waals surface area contributed by atoms with Crippen LogP contribution in [0.3, 0.4) is 0 Å². The largest absolute Gasteiger partial charge is 1.00 e. The van der Waals surface area contributed by atoms with Crippen molar-refractivity contribution in [3.05, 3.63) is 118 Å². The summed E-state index contributed by atoms with van der Waals surface area (Å²) in [5, 5.41) is 5.57. The summed E-state index contributed by atoms with van der Waals surface area (Å²) < 4.78 is 1.51. The maximum Gasteiger partial charge on any atom is -1.00 e. The molecule has 1 unspecified atom stereocenters. The summed E-state index contributed by atoms with van der Waals surface area (Å²) in [6.07, 6.45) is 10.5. The molecule has 3 heteroatoms. The minimum atomic E-state index is 0. The first-order valence-corrected chi connectivity index (χ1v) is 16.4. The predicted octanol–water partition coefficient (Wildman–Crippen LogP) is 5.32. The molecule has 3 aliphatic carbocycles. The van der Waals surface area contributed by atoms with Crippen molar-refractivity contribution in [1.82, 2.24) is 0 Å². The van der Waals surface area contributed by atoms with Crippen LogP contribution in [0, 0.1) is 12.0 Å². The molecular weight excluding hydrogens is 655 g/mol. The normalized spacial score (nSPS) is 18.2.